The van der Waals surface area contributed by atoms with Gasteiger partial charge in [0.05, 0.1) is 0 Å². The Morgan fingerprint density at radius 3 is 2.08 bits per heavy atom. The summed E-state index contributed by atoms with van der Waals surface area (Å²) in [7, 11) is 0. The fraction of sp³-hybridized carbons (Fsp3) is 0.900. The topological polar surface area (TPSA) is 29.1 Å². The molecule has 0 aliphatic heterocycles. The minimum atomic E-state index is -0.251. The first-order chi connectivity index (χ1) is 5.23. The van der Waals surface area contributed by atoms with E-state index in [2.05, 4.69) is 19.2 Å². The van der Waals surface area contributed by atoms with Gasteiger partial charge in [0, 0.05) is 11.5 Å². The van der Waals surface area contributed by atoms with Gasteiger partial charge in [0.15, 0.2) is 0 Å². The van der Waals surface area contributed by atoms with Gasteiger partial charge in [0.2, 0.25) is 5.91 Å². The fourth-order valence-corrected chi connectivity index (χ4v) is 1.09. The summed E-state index contributed by atoms with van der Waals surface area (Å²) in [5.74, 6) is 0.165. The molecule has 1 atom stereocenters. The van der Waals surface area contributed by atoms with Gasteiger partial charge in [-0.1, -0.05) is 34.6 Å². The van der Waals surface area contributed by atoms with Gasteiger partial charge in [-0.3, -0.25) is 4.79 Å². The molecule has 0 aromatic rings. The number of carbonyl (C=O) groups is 1. The predicted molar refractivity (Wildman–Crippen MR) is 49.8 cm³/mol. The number of hydrogen-bond acceptors (Lipinski definition) is 1. The van der Waals surface area contributed by atoms with E-state index in [1.807, 2.05) is 20.8 Å². The standard InChI is InChI=1S/C10H19NO/c1-9(2,3)8(12)11-7-6-10(7,4)5/h7H,6H2,1-5H3,(H,11,12). The summed E-state index contributed by atoms with van der Waals surface area (Å²) < 4.78 is 0. The molecular formula is C10H19NO. The molecule has 0 radical (unpaired) electrons. The molecule has 1 saturated carbocycles. The second-order valence-electron chi connectivity index (χ2n) is 5.47. The quantitative estimate of drug-likeness (QED) is 0.638. The Balaban J connectivity index is 2.40. The molecule has 0 spiro atoms. The van der Waals surface area contributed by atoms with E-state index in [-0.39, 0.29) is 11.3 Å². The average molecular weight is 169 g/mol. The Kier molecular flexibility index (Phi) is 1.97. The molecule has 1 fully saturated rings. The van der Waals surface area contributed by atoms with E-state index in [0.29, 0.717) is 11.5 Å². The summed E-state index contributed by atoms with van der Waals surface area (Å²) in [6.07, 6.45) is 1.12. The van der Waals surface area contributed by atoms with Crippen LogP contribution in [0.2, 0.25) is 0 Å². The van der Waals surface area contributed by atoms with Crippen LogP contribution >= 0.6 is 0 Å². The largest absolute Gasteiger partial charge is 0.352 e. The van der Waals surface area contributed by atoms with Crippen LogP contribution in [0.5, 0.6) is 0 Å². The van der Waals surface area contributed by atoms with Crippen LogP contribution in [-0.2, 0) is 4.79 Å². The first kappa shape index (κ1) is 9.56. The van der Waals surface area contributed by atoms with E-state index >= 15 is 0 Å². The second-order valence-corrected chi connectivity index (χ2v) is 5.47. The third-order valence-electron chi connectivity index (χ3n) is 2.50. The van der Waals surface area contributed by atoms with Crippen molar-refractivity contribution in [3.63, 3.8) is 0 Å². The van der Waals surface area contributed by atoms with E-state index in [0.717, 1.165) is 6.42 Å². The van der Waals surface area contributed by atoms with Crippen LogP contribution in [0.3, 0.4) is 0 Å². The Hall–Kier alpha value is -0.530. The van der Waals surface area contributed by atoms with Crippen LogP contribution in [0.25, 0.3) is 0 Å². The Labute approximate surface area is 74.7 Å². The monoisotopic (exact) mass is 169 g/mol. The van der Waals surface area contributed by atoms with Crippen LogP contribution < -0.4 is 5.32 Å². The van der Waals surface area contributed by atoms with Gasteiger partial charge in [-0.05, 0) is 11.8 Å². The summed E-state index contributed by atoms with van der Waals surface area (Å²) in [6.45, 7) is 10.2. The molecule has 12 heavy (non-hydrogen) atoms. The minimum Gasteiger partial charge on any atom is -0.352 e. The number of carbonyl (C=O) groups excluding carboxylic acids is 1. The lowest BCUT2D eigenvalue weighted by Gasteiger charge is -2.18. The van der Waals surface area contributed by atoms with E-state index in [1.54, 1.807) is 0 Å². The van der Waals surface area contributed by atoms with Crippen molar-refractivity contribution < 1.29 is 4.79 Å². The lowest BCUT2D eigenvalue weighted by atomic mass is 9.95. The molecule has 0 bridgehead atoms. The Bertz CT molecular complexity index is 200. The zero-order valence-corrected chi connectivity index (χ0v) is 8.69. The first-order valence-electron chi connectivity index (χ1n) is 4.54. The maximum Gasteiger partial charge on any atom is 0.225 e. The van der Waals surface area contributed by atoms with Gasteiger partial charge in [0.25, 0.3) is 0 Å². The highest BCUT2D eigenvalue weighted by atomic mass is 16.2. The van der Waals surface area contributed by atoms with Gasteiger partial charge in [-0.25, -0.2) is 0 Å². The number of amides is 1. The molecule has 1 unspecified atom stereocenters. The molecule has 1 N–H and O–H groups in total. The average Bonchev–Trinajstić information content (AvgIpc) is 2.36. The zero-order chi connectivity index (χ0) is 9.57. The van der Waals surface area contributed by atoms with Crippen LogP contribution in [0.4, 0.5) is 0 Å². The molecule has 0 heterocycles. The molecule has 2 heteroatoms. The third-order valence-corrected chi connectivity index (χ3v) is 2.50. The molecule has 1 rings (SSSR count). The molecule has 1 aliphatic carbocycles. The summed E-state index contributed by atoms with van der Waals surface area (Å²) in [5, 5.41) is 3.05. The molecule has 1 amide bonds. The van der Waals surface area contributed by atoms with E-state index in [4.69, 9.17) is 0 Å². The molecule has 1 aliphatic rings. The van der Waals surface area contributed by atoms with E-state index < -0.39 is 0 Å². The summed E-state index contributed by atoms with van der Waals surface area (Å²) in [4.78, 5) is 11.5. The maximum atomic E-state index is 11.5. The maximum absolute atomic E-state index is 11.5. The van der Waals surface area contributed by atoms with Crippen molar-refractivity contribution in [2.75, 3.05) is 0 Å². The molecule has 2 nitrogen and oxygen atoms in total. The molecular weight excluding hydrogens is 150 g/mol. The molecule has 70 valence electrons. The Morgan fingerprint density at radius 1 is 1.42 bits per heavy atom. The van der Waals surface area contributed by atoms with Gasteiger partial charge in [-0.2, -0.15) is 0 Å². The van der Waals surface area contributed by atoms with Gasteiger partial charge >= 0.3 is 0 Å². The highest BCUT2D eigenvalue weighted by Crippen LogP contribution is 2.44. The molecule has 0 aromatic heterocycles. The van der Waals surface area contributed by atoms with Crippen molar-refractivity contribution in [2.24, 2.45) is 10.8 Å². The SMILES string of the molecule is CC(C)(C)C(=O)NC1CC1(C)C. The molecule has 0 aromatic carbocycles. The Morgan fingerprint density at radius 2 is 1.83 bits per heavy atom. The fourth-order valence-electron chi connectivity index (χ4n) is 1.09. The van der Waals surface area contributed by atoms with E-state index in [1.165, 1.54) is 0 Å². The third kappa shape index (κ3) is 1.99. The van der Waals surface area contributed by atoms with Gasteiger partial charge < -0.3 is 5.32 Å². The highest BCUT2D eigenvalue weighted by molar-refractivity contribution is 5.82. The minimum absolute atomic E-state index is 0.165. The van der Waals surface area contributed by atoms with Gasteiger partial charge in [0.1, 0.15) is 0 Å². The van der Waals surface area contributed by atoms with Crippen molar-refractivity contribution in [1.82, 2.24) is 5.32 Å². The smallest absolute Gasteiger partial charge is 0.225 e. The predicted octanol–water partition coefficient (Wildman–Crippen LogP) is 1.95. The van der Waals surface area contributed by atoms with Crippen LogP contribution in [0.1, 0.15) is 41.0 Å². The van der Waals surface area contributed by atoms with E-state index in [9.17, 15) is 4.79 Å². The van der Waals surface area contributed by atoms with Gasteiger partial charge in [-0.15, -0.1) is 0 Å². The van der Waals surface area contributed by atoms with Crippen molar-refractivity contribution in [3.8, 4) is 0 Å². The number of hydrogen-bond donors (Lipinski definition) is 1. The lowest BCUT2D eigenvalue weighted by Crippen LogP contribution is -2.37. The molecule has 0 saturated heterocycles. The number of rotatable bonds is 1. The van der Waals surface area contributed by atoms with Crippen molar-refractivity contribution in [2.45, 2.75) is 47.1 Å². The van der Waals surface area contributed by atoms with Crippen LogP contribution in [-0.4, -0.2) is 11.9 Å². The van der Waals surface area contributed by atoms with Crippen molar-refractivity contribution in [1.29, 1.82) is 0 Å². The first-order valence-corrected chi connectivity index (χ1v) is 4.54. The summed E-state index contributed by atoms with van der Waals surface area (Å²) in [6, 6.07) is 0.407. The highest BCUT2D eigenvalue weighted by Gasteiger charge is 2.47. The van der Waals surface area contributed by atoms with Crippen LogP contribution in [0, 0.1) is 10.8 Å². The lowest BCUT2D eigenvalue weighted by molar-refractivity contribution is -0.128. The van der Waals surface area contributed by atoms with Crippen LogP contribution in [0.15, 0.2) is 0 Å². The van der Waals surface area contributed by atoms with Crippen molar-refractivity contribution >= 4 is 5.91 Å². The summed E-state index contributed by atoms with van der Waals surface area (Å²) >= 11 is 0. The number of nitrogens with one attached hydrogen (secondary N) is 1. The normalized spacial score (nSPS) is 26.6. The zero-order valence-electron chi connectivity index (χ0n) is 8.69. The van der Waals surface area contributed by atoms with Crippen molar-refractivity contribution in [3.05, 3.63) is 0 Å². The second kappa shape index (κ2) is 2.48. The summed E-state index contributed by atoms with van der Waals surface area (Å²) in [5.41, 5.74) is 0.0829.